The molecule has 6 heteroatoms. The van der Waals surface area contributed by atoms with E-state index in [1.54, 1.807) is 7.11 Å². The largest absolute Gasteiger partial charge is 0.495 e. The van der Waals surface area contributed by atoms with Crippen molar-refractivity contribution in [3.63, 3.8) is 0 Å². The Hall–Kier alpha value is -3.54. The summed E-state index contributed by atoms with van der Waals surface area (Å²) in [5, 5.41) is 4.55. The second-order valence-corrected chi connectivity index (χ2v) is 8.40. The van der Waals surface area contributed by atoms with Gasteiger partial charge in [0.1, 0.15) is 11.9 Å². The number of aromatic nitrogens is 2. The Kier molecular flexibility index (Phi) is 5.67. The first kappa shape index (κ1) is 20.4. The Labute approximate surface area is 188 Å². The van der Waals surface area contributed by atoms with Gasteiger partial charge in [0.05, 0.1) is 31.4 Å². The maximum atomic E-state index is 5.91. The van der Waals surface area contributed by atoms with E-state index in [2.05, 4.69) is 63.6 Å². The van der Waals surface area contributed by atoms with Crippen LogP contribution < -0.4 is 4.74 Å². The summed E-state index contributed by atoms with van der Waals surface area (Å²) < 4.78 is 7.66. The molecule has 5 rings (SSSR count). The van der Waals surface area contributed by atoms with Gasteiger partial charge in [-0.05, 0) is 54.7 Å². The fraction of sp³-hybridized carbons (Fsp3) is 0.308. The molecule has 0 N–H and O–H groups in total. The zero-order valence-electron chi connectivity index (χ0n) is 18.6. The molecule has 3 aromatic rings. The topological polar surface area (TPSA) is 51.9 Å². The van der Waals surface area contributed by atoms with E-state index in [4.69, 9.17) is 9.57 Å². The summed E-state index contributed by atoms with van der Waals surface area (Å²) in [5.74, 6) is 1.78. The Morgan fingerprint density at radius 1 is 1.19 bits per heavy atom. The molecule has 2 aliphatic rings. The molecule has 0 saturated carbocycles. The van der Waals surface area contributed by atoms with Crippen LogP contribution in [0.1, 0.15) is 29.7 Å². The number of hydrogen-bond donors (Lipinski definition) is 0. The van der Waals surface area contributed by atoms with Crippen molar-refractivity contribution < 1.29 is 9.57 Å². The molecule has 2 aliphatic heterocycles. The maximum absolute atomic E-state index is 5.91. The van der Waals surface area contributed by atoms with E-state index in [1.165, 1.54) is 11.1 Å². The molecule has 6 nitrogen and oxygen atoms in total. The molecule has 1 aromatic heterocycles. The number of oxime groups is 1. The average molecular weight is 429 g/mol. The molecule has 0 spiro atoms. The van der Waals surface area contributed by atoms with Gasteiger partial charge in [0, 0.05) is 19.2 Å². The second kappa shape index (κ2) is 8.91. The van der Waals surface area contributed by atoms with Crippen LogP contribution in [-0.4, -0.2) is 46.6 Å². The number of piperidine rings is 1. The van der Waals surface area contributed by atoms with Crippen molar-refractivity contribution in [2.45, 2.75) is 32.3 Å². The molecule has 1 saturated heterocycles. The van der Waals surface area contributed by atoms with Crippen LogP contribution in [0, 0.1) is 6.92 Å². The standard InChI is InChI=1S/C26H28N4O2/c1-19-16-30(18-27-19)24-11-10-21(15-25(24)31-2)13-22-9-6-12-29-17-23(32-28-26(22)29)14-20-7-4-3-5-8-20/h3-5,7-8,10-11,13,15-16,18,23H,6,9,12,14,17H2,1-2H3/b22-13+. The highest BCUT2D eigenvalue weighted by Gasteiger charge is 2.29. The van der Waals surface area contributed by atoms with E-state index < -0.39 is 0 Å². The Morgan fingerprint density at radius 3 is 2.84 bits per heavy atom. The number of ether oxygens (including phenoxy) is 1. The van der Waals surface area contributed by atoms with Crippen molar-refractivity contribution in [3.8, 4) is 11.4 Å². The fourth-order valence-corrected chi connectivity index (χ4v) is 4.45. The van der Waals surface area contributed by atoms with Gasteiger partial charge in [-0.2, -0.15) is 0 Å². The number of nitrogens with zero attached hydrogens (tertiary/aromatic N) is 4. The van der Waals surface area contributed by atoms with Gasteiger partial charge >= 0.3 is 0 Å². The van der Waals surface area contributed by atoms with Crippen molar-refractivity contribution in [1.29, 1.82) is 0 Å². The highest BCUT2D eigenvalue weighted by Crippen LogP contribution is 2.29. The molecule has 3 heterocycles. The number of imidazole rings is 1. The van der Waals surface area contributed by atoms with E-state index in [-0.39, 0.29) is 6.10 Å². The SMILES string of the molecule is COc1cc(/C=C2\CCCN3CC(Cc4ccccc4)ON=C23)ccc1-n1cnc(C)c1. The molecular weight excluding hydrogens is 400 g/mol. The maximum Gasteiger partial charge on any atom is 0.171 e. The van der Waals surface area contributed by atoms with Crippen molar-refractivity contribution in [2.24, 2.45) is 5.16 Å². The average Bonchev–Trinajstić information content (AvgIpc) is 3.25. The van der Waals surface area contributed by atoms with E-state index in [0.717, 1.165) is 60.9 Å². The lowest BCUT2D eigenvalue weighted by atomic mass is 9.98. The van der Waals surface area contributed by atoms with Crippen LogP contribution in [-0.2, 0) is 11.3 Å². The van der Waals surface area contributed by atoms with E-state index >= 15 is 0 Å². The highest BCUT2D eigenvalue weighted by atomic mass is 16.6. The molecule has 2 aromatic carbocycles. The molecular formula is C26H28N4O2. The van der Waals surface area contributed by atoms with Crippen LogP contribution in [0.5, 0.6) is 5.75 Å². The summed E-state index contributed by atoms with van der Waals surface area (Å²) in [5.41, 5.74) is 5.53. The number of methoxy groups -OCH3 is 1. The minimum atomic E-state index is 0.0820. The van der Waals surface area contributed by atoms with Crippen molar-refractivity contribution in [1.82, 2.24) is 14.5 Å². The number of amidine groups is 1. The highest BCUT2D eigenvalue weighted by molar-refractivity contribution is 6.02. The lowest BCUT2D eigenvalue weighted by molar-refractivity contribution is 0.0201. The van der Waals surface area contributed by atoms with Crippen LogP contribution in [0.2, 0.25) is 0 Å². The molecule has 1 atom stereocenters. The van der Waals surface area contributed by atoms with Crippen LogP contribution in [0.4, 0.5) is 0 Å². The fourth-order valence-electron chi connectivity index (χ4n) is 4.45. The molecule has 0 amide bonds. The minimum Gasteiger partial charge on any atom is -0.495 e. The number of benzene rings is 2. The smallest absolute Gasteiger partial charge is 0.171 e. The number of hydrogen-bond acceptors (Lipinski definition) is 5. The summed E-state index contributed by atoms with van der Waals surface area (Å²) >= 11 is 0. The van der Waals surface area contributed by atoms with Gasteiger partial charge in [0.15, 0.2) is 5.84 Å². The summed E-state index contributed by atoms with van der Waals surface area (Å²) in [6, 6.07) is 16.7. The van der Waals surface area contributed by atoms with Crippen LogP contribution in [0.25, 0.3) is 11.8 Å². The van der Waals surface area contributed by atoms with Gasteiger partial charge in [-0.25, -0.2) is 4.98 Å². The minimum absolute atomic E-state index is 0.0820. The van der Waals surface area contributed by atoms with Crippen molar-refractivity contribution in [3.05, 3.63) is 83.4 Å². The molecule has 1 fully saturated rings. The third-order valence-electron chi connectivity index (χ3n) is 6.01. The first-order chi connectivity index (χ1) is 15.7. The normalized spacial score (nSPS) is 19.3. The van der Waals surface area contributed by atoms with Gasteiger partial charge < -0.3 is 19.0 Å². The first-order valence-electron chi connectivity index (χ1n) is 11.1. The van der Waals surface area contributed by atoms with E-state index in [1.807, 2.05) is 30.1 Å². The molecule has 1 unspecified atom stereocenters. The molecule has 0 radical (unpaired) electrons. The predicted octanol–water partition coefficient (Wildman–Crippen LogP) is 4.62. The van der Waals surface area contributed by atoms with Crippen molar-refractivity contribution in [2.75, 3.05) is 20.2 Å². The molecule has 32 heavy (non-hydrogen) atoms. The van der Waals surface area contributed by atoms with Gasteiger partial charge in [-0.1, -0.05) is 41.6 Å². The monoisotopic (exact) mass is 428 g/mol. The van der Waals surface area contributed by atoms with Gasteiger partial charge in [0.25, 0.3) is 0 Å². The summed E-state index contributed by atoms with van der Waals surface area (Å²) in [7, 11) is 1.70. The number of aryl methyl sites for hydroxylation is 1. The van der Waals surface area contributed by atoms with Gasteiger partial charge in [-0.15, -0.1) is 0 Å². The summed E-state index contributed by atoms with van der Waals surface area (Å²) in [6.07, 6.45) is 9.08. The lowest BCUT2D eigenvalue weighted by Gasteiger charge is -2.37. The predicted molar refractivity (Wildman–Crippen MR) is 126 cm³/mol. The molecule has 164 valence electrons. The lowest BCUT2D eigenvalue weighted by Crippen LogP contribution is -2.46. The summed E-state index contributed by atoms with van der Waals surface area (Å²) in [4.78, 5) is 12.6. The Morgan fingerprint density at radius 2 is 2.06 bits per heavy atom. The van der Waals surface area contributed by atoms with Gasteiger partial charge in [-0.3, -0.25) is 0 Å². The van der Waals surface area contributed by atoms with E-state index in [0.29, 0.717) is 0 Å². The quantitative estimate of drug-likeness (QED) is 0.595. The molecule has 0 bridgehead atoms. The third kappa shape index (κ3) is 4.26. The van der Waals surface area contributed by atoms with Crippen LogP contribution >= 0.6 is 0 Å². The zero-order chi connectivity index (χ0) is 21.9. The number of rotatable bonds is 5. The zero-order valence-corrected chi connectivity index (χ0v) is 18.6. The summed E-state index contributed by atoms with van der Waals surface area (Å²) in [6.45, 7) is 3.87. The second-order valence-electron chi connectivity index (χ2n) is 8.40. The van der Waals surface area contributed by atoms with Crippen LogP contribution in [0.3, 0.4) is 0 Å². The Bertz CT molecular complexity index is 1150. The van der Waals surface area contributed by atoms with E-state index in [9.17, 15) is 0 Å². The third-order valence-corrected chi connectivity index (χ3v) is 6.01. The van der Waals surface area contributed by atoms with Crippen molar-refractivity contribution >= 4 is 11.9 Å². The van der Waals surface area contributed by atoms with Crippen LogP contribution in [0.15, 0.2) is 71.8 Å². The first-order valence-corrected chi connectivity index (χ1v) is 11.1. The Balaban J connectivity index is 1.37. The molecule has 0 aliphatic carbocycles. The number of fused-ring (bicyclic) bond motifs is 1. The van der Waals surface area contributed by atoms with Gasteiger partial charge in [0.2, 0.25) is 0 Å².